The van der Waals surface area contributed by atoms with E-state index in [1.807, 2.05) is 52.8 Å². The third kappa shape index (κ3) is 6.19. The van der Waals surface area contributed by atoms with Gasteiger partial charge in [0, 0.05) is 12.3 Å². The number of benzene rings is 1. The first-order valence-electron chi connectivity index (χ1n) is 10.1. The van der Waals surface area contributed by atoms with Crippen LogP contribution in [0.15, 0.2) is 36.5 Å². The summed E-state index contributed by atoms with van der Waals surface area (Å²) < 4.78 is 16.5. The summed E-state index contributed by atoms with van der Waals surface area (Å²) >= 11 is 0. The Morgan fingerprint density at radius 1 is 1.28 bits per heavy atom. The molecule has 3 rings (SSSR count). The molecule has 2 heterocycles. The summed E-state index contributed by atoms with van der Waals surface area (Å²) in [6, 6.07) is 10.1. The van der Waals surface area contributed by atoms with Crippen LogP contribution in [0.5, 0.6) is 5.88 Å². The number of fused-ring (bicyclic) bond motifs is 1. The Morgan fingerprint density at radius 2 is 2.03 bits per heavy atom. The average Bonchev–Trinajstić information content (AvgIpc) is 2.72. The number of nitrogens with zero attached hydrogens (tertiary/aromatic N) is 1. The summed E-state index contributed by atoms with van der Waals surface area (Å²) in [6.07, 6.45) is 1.92. The van der Waals surface area contributed by atoms with Gasteiger partial charge in [-0.05, 0) is 55.5 Å². The third-order valence-corrected chi connectivity index (χ3v) is 4.32. The molecule has 1 aromatic carbocycles. The standard InChI is InChI=1S/C21H26N2O4.C2H6/c1-21(2,3)27-20(24)23-13-18-17-7-5-6-15(16(17)9-11-26-18)14-8-10-22-19(12-14)25-4;1-2/h5-8,10,12,18H,9,11,13H2,1-4H3,(H,23,24);1-2H3. The van der Waals surface area contributed by atoms with Gasteiger partial charge in [-0.3, -0.25) is 0 Å². The monoisotopic (exact) mass is 400 g/mol. The Balaban J connectivity index is 0.00000145. The van der Waals surface area contributed by atoms with Gasteiger partial charge in [-0.15, -0.1) is 0 Å². The summed E-state index contributed by atoms with van der Waals surface area (Å²) in [7, 11) is 1.61. The predicted molar refractivity (Wildman–Crippen MR) is 114 cm³/mol. The number of aromatic nitrogens is 1. The van der Waals surface area contributed by atoms with Crippen molar-refractivity contribution >= 4 is 6.09 Å². The normalized spacial score (nSPS) is 15.4. The Morgan fingerprint density at radius 3 is 2.72 bits per heavy atom. The van der Waals surface area contributed by atoms with Gasteiger partial charge in [0.25, 0.3) is 0 Å². The molecule has 158 valence electrons. The molecule has 2 aromatic rings. The van der Waals surface area contributed by atoms with Crippen LogP contribution in [0, 0.1) is 0 Å². The number of hydrogen-bond acceptors (Lipinski definition) is 5. The van der Waals surface area contributed by atoms with E-state index in [0.717, 1.165) is 23.1 Å². The highest BCUT2D eigenvalue weighted by atomic mass is 16.6. The maximum atomic E-state index is 12.0. The Bertz CT molecular complexity index is 815. The molecule has 0 aliphatic carbocycles. The molecular weight excluding hydrogens is 368 g/mol. The fraction of sp³-hybridized carbons (Fsp3) is 0.478. The summed E-state index contributed by atoms with van der Waals surface area (Å²) in [6.45, 7) is 10.5. The summed E-state index contributed by atoms with van der Waals surface area (Å²) in [4.78, 5) is 16.1. The zero-order valence-electron chi connectivity index (χ0n) is 18.2. The molecule has 0 spiro atoms. The minimum atomic E-state index is -0.525. The van der Waals surface area contributed by atoms with E-state index in [2.05, 4.69) is 22.4 Å². The zero-order valence-corrected chi connectivity index (χ0v) is 18.2. The largest absolute Gasteiger partial charge is 0.481 e. The molecule has 1 atom stereocenters. The van der Waals surface area contributed by atoms with E-state index in [-0.39, 0.29) is 6.10 Å². The van der Waals surface area contributed by atoms with Crippen LogP contribution in [0.3, 0.4) is 0 Å². The van der Waals surface area contributed by atoms with Crippen molar-refractivity contribution < 1.29 is 19.0 Å². The van der Waals surface area contributed by atoms with Crippen LogP contribution in [-0.2, 0) is 15.9 Å². The second kappa shape index (κ2) is 10.3. The molecule has 1 N–H and O–H groups in total. The number of rotatable bonds is 4. The number of alkyl carbamates (subject to hydrolysis) is 1. The summed E-state index contributed by atoms with van der Waals surface area (Å²) in [5.41, 5.74) is 3.99. The number of carbonyl (C=O) groups excluding carboxylic acids is 1. The Kier molecular flexibility index (Phi) is 8.02. The quantitative estimate of drug-likeness (QED) is 0.789. The average molecular weight is 401 g/mol. The second-order valence-electron chi connectivity index (χ2n) is 7.45. The van der Waals surface area contributed by atoms with E-state index in [4.69, 9.17) is 14.2 Å². The SMILES string of the molecule is CC.COc1cc(-c2cccc3c2CCOC3CNC(=O)OC(C)(C)C)ccn1. The van der Waals surface area contributed by atoms with Gasteiger partial charge in [-0.1, -0.05) is 32.0 Å². The highest BCUT2D eigenvalue weighted by Gasteiger charge is 2.25. The lowest BCUT2D eigenvalue weighted by molar-refractivity contribution is 0.0289. The molecule has 29 heavy (non-hydrogen) atoms. The molecule has 1 aliphatic heterocycles. The van der Waals surface area contributed by atoms with Crippen molar-refractivity contribution in [1.29, 1.82) is 0 Å². The third-order valence-electron chi connectivity index (χ3n) is 4.32. The molecule has 0 saturated carbocycles. The summed E-state index contributed by atoms with van der Waals surface area (Å²) in [5.74, 6) is 0.584. The van der Waals surface area contributed by atoms with Crippen LogP contribution >= 0.6 is 0 Å². The van der Waals surface area contributed by atoms with Crippen LogP contribution < -0.4 is 10.1 Å². The molecule has 0 fully saturated rings. The Labute approximate surface area is 173 Å². The van der Waals surface area contributed by atoms with Gasteiger partial charge in [-0.25, -0.2) is 9.78 Å². The van der Waals surface area contributed by atoms with E-state index >= 15 is 0 Å². The van der Waals surface area contributed by atoms with Crippen molar-refractivity contribution in [1.82, 2.24) is 10.3 Å². The van der Waals surface area contributed by atoms with Gasteiger partial charge in [0.1, 0.15) is 11.7 Å². The zero-order chi connectivity index (χ0) is 21.4. The highest BCUT2D eigenvalue weighted by molar-refractivity contribution is 5.70. The topological polar surface area (TPSA) is 69.7 Å². The van der Waals surface area contributed by atoms with Crippen LogP contribution in [0.2, 0.25) is 0 Å². The first-order valence-corrected chi connectivity index (χ1v) is 10.1. The van der Waals surface area contributed by atoms with Crippen LogP contribution in [0.25, 0.3) is 11.1 Å². The molecule has 1 aliphatic rings. The Hall–Kier alpha value is -2.60. The number of amides is 1. The number of nitrogens with one attached hydrogen (secondary N) is 1. The molecule has 0 bridgehead atoms. The van der Waals surface area contributed by atoms with Crippen molar-refractivity contribution in [2.24, 2.45) is 0 Å². The minimum Gasteiger partial charge on any atom is -0.481 e. The highest BCUT2D eigenvalue weighted by Crippen LogP contribution is 2.35. The first-order chi connectivity index (χ1) is 13.9. The van der Waals surface area contributed by atoms with E-state index < -0.39 is 11.7 Å². The van der Waals surface area contributed by atoms with Gasteiger partial charge in [-0.2, -0.15) is 0 Å². The number of hydrogen-bond donors (Lipinski definition) is 1. The van der Waals surface area contributed by atoms with Crippen LogP contribution in [0.1, 0.15) is 51.8 Å². The van der Waals surface area contributed by atoms with Crippen LogP contribution in [0.4, 0.5) is 4.79 Å². The smallest absolute Gasteiger partial charge is 0.407 e. The van der Waals surface area contributed by atoms with E-state index in [9.17, 15) is 4.79 Å². The molecule has 1 amide bonds. The van der Waals surface area contributed by atoms with Gasteiger partial charge in [0.15, 0.2) is 0 Å². The number of methoxy groups -OCH3 is 1. The molecule has 1 aromatic heterocycles. The predicted octanol–water partition coefficient (Wildman–Crippen LogP) is 4.92. The van der Waals surface area contributed by atoms with Crippen molar-refractivity contribution in [2.45, 2.75) is 52.7 Å². The van der Waals surface area contributed by atoms with Gasteiger partial charge in [0.2, 0.25) is 5.88 Å². The maximum absolute atomic E-state index is 12.0. The van der Waals surface area contributed by atoms with Crippen molar-refractivity contribution in [3.63, 3.8) is 0 Å². The molecule has 6 nitrogen and oxygen atoms in total. The fourth-order valence-electron chi connectivity index (χ4n) is 3.20. The molecular formula is C23H32N2O4. The number of ether oxygens (including phenoxy) is 3. The molecule has 0 radical (unpaired) electrons. The summed E-state index contributed by atoms with van der Waals surface area (Å²) in [5, 5.41) is 2.81. The molecule has 6 heteroatoms. The van der Waals surface area contributed by atoms with Gasteiger partial charge >= 0.3 is 6.09 Å². The van der Waals surface area contributed by atoms with Crippen molar-refractivity contribution in [3.05, 3.63) is 47.7 Å². The lowest BCUT2D eigenvalue weighted by Gasteiger charge is -2.28. The van der Waals surface area contributed by atoms with Gasteiger partial charge < -0.3 is 19.5 Å². The minimum absolute atomic E-state index is 0.204. The van der Waals surface area contributed by atoms with Crippen LogP contribution in [-0.4, -0.2) is 36.9 Å². The fourth-order valence-corrected chi connectivity index (χ4v) is 3.20. The van der Waals surface area contributed by atoms with E-state index in [1.165, 1.54) is 5.56 Å². The molecule has 1 unspecified atom stereocenters. The van der Waals surface area contributed by atoms with Gasteiger partial charge in [0.05, 0.1) is 20.3 Å². The second-order valence-corrected chi connectivity index (χ2v) is 7.45. The first kappa shape index (κ1) is 22.7. The number of carbonyl (C=O) groups is 1. The van der Waals surface area contributed by atoms with Crippen molar-refractivity contribution in [3.8, 4) is 17.0 Å². The maximum Gasteiger partial charge on any atom is 0.407 e. The van der Waals surface area contributed by atoms with E-state index in [1.54, 1.807) is 13.3 Å². The lowest BCUT2D eigenvalue weighted by atomic mass is 9.90. The lowest BCUT2D eigenvalue weighted by Crippen LogP contribution is -2.36. The van der Waals surface area contributed by atoms with Crippen molar-refractivity contribution in [2.75, 3.05) is 20.3 Å². The van der Waals surface area contributed by atoms with E-state index in [0.29, 0.717) is 19.0 Å². The molecule has 0 saturated heterocycles. The number of pyridine rings is 1.